The lowest BCUT2D eigenvalue weighted by Gasteiger charge is -2.29. The Labute approximate surface area is 162 Å². The van der Waals surface area contributed by atoms with Crippen LogP contribution < -0.4 is 15.8 Å². The van der Waals surface area contributed by atoms with Gasteiger partial charge in [0.05, 0.1) is 18.0 Å². The molecule has 4 N–H and O–H groups in total. The fourth-order valence-corrected chi connectivity index (χ4v) is 4.06. The maximum atomic E-state index is 12.6. The first-order chi connectivity index (χ1) is 13.2. The van der Waals surface area contributed by atoms with E-state index in [1.54, 1.807) is 42.2 Å². The zero-order chi connectivity index (χ0) is 20.3. The standard InChI is InChI=1S/C18H22N4O5S/c1-12-2-4-15(27-12)9-21-28(25,26)16-5-3-13-6-7-22(11-14(13)8-16)17(23)10-20-18(19)24/h2-5,8,21H,6-7,9-11H2,1H3,(H3,19,20,24). The molecule has 1 aromatic heterocycles. The summed E-state index contributed by atoms with van der Waals surface area (Å²) >= 11 is 0. The number of sulfonamides is 1. The van der Waals surface area contributed by atoms with Crippen LogP contribution in [0.25, 0.3) is 0 Å². The average molecular weight is 406 g/mol. The normalized spacial score (nSPS) is 13.8. The molecule has 0 bridgehead atoms. The number of urea groups is 1. The minimum atomic E-state index is -3.73. The molecule has 28 heavy (non-hydrogen) atoms. The largest absolute Gasteiger partial charge is 0.465 e. The molecule has 0 atom stereocenters. The monoisotopic (exact) mass is 406 g/mol. The molecule has 150 valence electrons. The summed E-state index contributed by atoms with van der Waals surface area (Å²) in [4.78, 5) is 24.6. The summed E-state index contributed by atoms with van der Waals surface area (Å²) in [6.07, 6.45) is 0.608. The number of hydrogen-bond donors (Lipinski definition) is 3. The predicted octanol–water partition coefficient (Wildman–Crippen LogP) is 0.620. The molecule has 0 aliphatic carbocycles. The Morgan fingerprint density at radius 3 is 2.68 bits per heavy atom. The molecule has 1 aliphatic rings. The van der Waals surface area contributed by atoms with Crippen LogP contribution in [0, 0.1) is 6.92 Å². The molecular formula is C18H22N4O5S. The number of benzene rings is 1. The number of carbonyl (C=O) groups is 2. The molecule has 2 aromatic rings. The summed E-state index contributed by atoms with van der Waals surface area (Å²) in [6.45, 7) is 2.42. The fourth-order valence-electron chi connectivity index (χ4n) is 3.02. The van der Waals surface area contributed by atoms with E-state index < -0.39 is 16.1 Å². The molecule has 0 spiro atoms. The second-order valence-corrected chi connectivity index (χ2v) is 8.32. The van der Waals surface area contributed by atoms with Crippen molar-refractivity contribution in [1.82, 2.24) is 14.9 Å². The van der Waals surface area contributed by atoms with E-state index in [0.29, 0.717) is 24.5 Å². The molecule has 0 fully saturated rings. The van der Waals surface area contributed by atoms with E-state index in [9.17, 15) is 18.0 Å². The number of carbonyl (C=O) groups excluding carboxylic acids is 2. The first kappa shape index (κ1) is 19.9. The van der Waals surface area contributed by atoms with Gasteiger partial charge in [-0.1, -0.05) is 6.07 Å². The van der Waals surface area contributed by atoms with Gasteiger partial charge >= 0.3 is 6.03 Å². The topological polar surface area (TPSA) is 135 Å². The van der Waals surface area contributed by atoms with Crippen molar-refractivity contribution in [1.29, 1.82) is 0 Å². The predicted molar refractivity (Wildman–Crippen MR) is 101 cm³/mol. The van der Waals surface area contributed by atoms with Gasteiger partial charge in [0.15, 0.2) is 0 Å². The molecule has 0 radical (unpaired) electrons. The molecule has 0 unspecified atom stereocenters. The van der Waals surface area contributed by atoms with E-state index in [4.69, 9.17) is 10.2 Å². The summed E-state index contributed by atoms with van der Waals surface area (Å²) in [5, 5.41) is 2.27. The minimum Gasteiger partial charge on any atom is -0.465 e. The third-order valence-electron chi connectivity index (χ3n) is 4.50. The number of fused-ring (bicyclic) bond motifs is 1. The van der Waals surface area contributed by atoms with Crippen LogP contribution in [0.5, 0.6) is 0 Å². The van der Waals surface area contributed by atoms with Crippen molar-refractivity contribution in [2.24, 2.45) is 5.73 Å². The van der Waals surface area contributed by atoms with Gasteiger partial charge in [0.2, 0.25) is 15.9 Å². The van der Waals surface area contributed by atoms with E-state index in [2.05, 4.69) is 10.0 Å². The van der Waals surface area contributed by atoms with E-state index in [-0.39, 0.29) is 30.4 Å². The Balaban J connectivity index is 1.70. The van der Waals surface area contributed by atoms with E-state index in [1.807, 2.05) is 0 Å². The van der Waals surface area contributed by atoms with Crippen LogP contribution in [-0.4, -0.2) is 38.3 Å². The van der Waals surface area contributed by atoms with Gasteiger partial charge < -0.3 is 20.4 Å². The van der Waals surface area contributed by atoms with Crippen molar-refractivity contribution >= 4 is 22.0 Å². The molecule has 1 aromatic carbocycles. The number of rotatable bonds is 6. The van der Waals surface area contributed by atoms with E-state index >= 15 is 0 Å². The van der Waals surface area contributed by atoms with Crippen molar-refractivity contribution in [3.8, 4) is 0 Å². The van der Waals surface area contributed by atoms with Crippen molar-refractivity contribution < 1.29 is 22.4 Å². The molecule has 1 aliphatic heterocycles. The van der Waals surface area contributed by atoms with Gasteiger partial charge in [0.1, 0.15) is 11.5 Å². The Morgan fingerprint density at radius 2 is 2.00 bits per heavy atom. The third-order valence-corrected chi connectivity index (χ3v) is 5.90. The number of aryl methyl sites for hydroxylation is 1. The quantitative estimate of drug-likeness (QED) is 0.646. The average Bonchev–Trinajstić information content (AvgIpc) is 3.09. The number of furan rings is 1. The van der Waals surface area contributed by atoms with Gasteiger partial charge in [-0.05, 0) is 48.7 Å². The summed E-state index contributed by atoms with van der Waals surface area (Å²) in [5.41, 5.74) is 6.74. The Morgan fingerprint density at radius 1 is 1.21 bits per heavy atom. The molecule has 2 heterocycles. The van der Waals surface area contributed by atoms with Crippen molar-refractivity contribution in [3.63, 3.8) is 0 Å². The van der Waals surface area contributed by atoms with E-state index in [0.717, 1.165) is 11.1 Å². The zero-order valence-electron chi connectivity index (χ0n) is 15.4. The molecule has 9 nitrogen and oxygen atoms in total. The van der Waals surface area contributed by atoms with Gasteiger partial charge in [0.25, 0.3) is 0 Å². The lowest BCUT2D eigenvalue weighted by Crippen LogP contribution is -2.43. The molecule has 10 heteroatoms. The summed E-state index contributed by atoms with van der Waals surface area (Å²) in [7, 11) is -3.73. The third kappa shape index (κ3) is 4.70. The highest BCUT2D eigenvalue weighted by molar-refractivity contribution is 7.89. The second kappa shape index (κ2) is 8.03. The van der Waals surface area contributed by atoms with Crippen LogP contribution in [0.15, 0.2) is 39.6 Å². The van der Waals surface area contributed by atoms with Crippen molar-refractivity contribution in [2.75, 3.05) is 13.1 Å². The van der Waals surface area contributed by atoms with Crippen molar-refractivity contribution in [3.05, 3.63) is 53.0 Å². The fraction of sp³-hybridized carbons (Fsp3) is 0.333. The Bertz CT molecular complexity index is 999. The smallest absolute Gasteiger partial charge is 0.312 e. The SMILES string of the molecule is Cc1ccc(CNS(=O)(=O)c2ccc3c(c2)CN(C(=O)CNC(N)=O)CC3)o1. The van der Waals surface area contributed by atoms with Crippen molar-refractivity contribution in [2.45, 2.75) is 31.3 Å². The lowest BCUT2D eigenvalue weighted by atomic mass is 10.00. The highest BCUT2D eigenvalue weighted by atomic mass is 32.2. The first-order valence-electron chi connectivity index (χ1n) is 8.72. The van der Waals surface area contributed by atoms with Crippen LogP contribution in [0.2, 0.25) is 0 Å². The highest BCUT2D eigenvalue weighted by Crippen LogP contribution is 2.23. The number of nitrogens with two attached hydrogens (primary N) is 1. The first-order valence-corrected chi connectivity index (χ1v) is 10.2. The Kier molecular flexibility index (Phi) is 5.71. The van der Waals surface area contributed by atoms with Gasteiger partial charge in [-0.3, -0.25) is 4.79 Å². The van der Waals surface area contributed by atoms with Crippen LogP contribution in [-0.2, 0) is 34.3 Å². The summed E-state index contributed by atoms with van der Waals surface area (Å²) in [5.74, 6) is 0.959. The van der Waals surface area contributed by atoms with Crippen LogP contribution in [0.3, 0.4) is 0 Å². The number of primary amides is 1. The highest BCUT2D eigenvalue weighted by Gasteiger charge is 2.23. The maximum absolute atomic E-state index is 12.6. The van der Waals surface area contributed by atoms with Gasteiger partial charge in [0, 0.05) is 13.1 Å². The number of amides is 3. The summed E-state index contributed by atoms with van der Waals surface area (Å²) in [6, 6.07) is 7.61. The van der Waals surface area contributed by atoms with Gasteiger partial charge in [-0.15, -0.1) is 0 Å². The number of nitrogens with zero attached hydrogens (tertiary/aromatic N) is 1. The lowest BCUT2D eigenvalue weighted by molar-refractivity contribution is -0.130. The van der Waals surface area contributed by atoms with Crippen LogP contribution in [0.1, 0.15) is 22.6 Å². The minimum absolute atomic E-state index is 0.0522. The van der Waals surface area contributed by atoms with Crippen LogP contribution >= 0.6 is 0 Å². The number of hydrogen-bond acceptors (Lipinski definition) is 5. The summed E-state index contributed by atoms with van der Waals surface area (Å²) < 4.78 is 33.1. The maximum Gasteiger partial charge on any atom is 0.312 e. The van der Waals surface area contributed by atoms with Crippen LogP contribution in [0.4, 0.5) is 4.79 Å². The van der Waals surface area contributed by atoms with E-state index in [1.165, 1.54) is 0 Å². The number of nitrogens with one attached hydrogen (secondary N) is 2. The molecule has 0 saturated carbocycles. The second-order valence-electron chi connectivity index (χ2n) is 6.55. The zero-order valence-corrected chi connectivity index (χ0v) is 16.2. The Hall–Kier alpha value is -2.85. The molecule has 0 saturated heterocycles. The van der Waals surface area contributed by atoms with Gasteiger partial charge in [-0.25, -0.2) is 17.9 Å². The molecular weight excluding hydrogens is 384 g/mol. The molecule has 3 amide bonds. The molecule has 3 rings (SSSR count). The van der Waals surface area contributed by atoms with Gasteiger partial charge in [-0.2, -0.15) is 0 Å².